The summed E-state index contributed by atoms with van der Waals surface area (Å²) in [4.78, 5) is 55.9. The standard InChI is InChI=1S/C22H23FN4O4S/c1-2-22(15-5-7-16(23)8-6-15)20(30)27(21(31)24-22)14-18(28)25-9-11-26(12-10-25)19(29)17-4-3-13-32-17/h3-8,13H,2,9-12,14H2,1H3,(H,24,31)/t22-/m1/s1. The zero-order valence-electron chi connectivity index (χ0n) is 17.5. The second kappa shape index (κ2) is 8.70. The summed E-state index contributed by atoms with van der Waals surface area (Å²) in [6.45, 7) is 2.80. The first-order valence-corrected chi connectivity index (χ1v) is 11.2. The van der Waals surface area contributed by atoms with Crippen molar-refractivity contribution in [3.8, 4) is 0 Å². The lowest BCUT2D eigenvalue weighted by molar-refractivity contribution is -0.140. The number of nitrogens with zero attached hydrogens (tertiary/aromatic N) is 3. The summed E-state index contributed by atoms with van der Waals surface area (Å²) in [7, 11) is 0. The lowest BCUT2D eigenvalue weighted by atomic mass is 9.87. The van der Waals surface area contributed by atoms with E-state index in [4.69, 9.17) is 0 Å². The molecule has 1 aromatic carbocycles. The average molecular weight is 459 g/mol. The van der Waals surface area contributed by atoms with Crippen molar-refractivity contribution in [2.24, 2.45) is 0 Å². The van der Waals surface area contributed by atoms with Crippen molar-refractivity contribution in [2.45, 2.75) is 18.9 Å². The first-order valence-electron chi connectivity index (χ1n) is 10.4. The maximum absolute atomic E-state index is 13.3. The van der Waals surface area contributed by atoms with Gasteiger partial charge in [-0.05, 0) is 35.6 Å². The van der Waals surface area contributed by atoms with Crippen LogP contribution in [0.4, 0.5) is 9.18 Å². The van der Waals surface area contributed by atoms with Crippen LogP contribution in [0.3, 0.4) is 0 Å². The Morgan fingerprint density at radius 1 is 1.06 bits per heavy atom. The van der Waals surface area contributed by atoms with Gasteiger partial charge in [0.15, 0.2) is 0 Å². The summed E-state index contributed by atoms with van der Waals surface area (Å²) in [6.07, 6.45) is 0.261. The van der Waals surface area contributed by atoms with Gasteiger partial charge in [0.1, 0.15) is 17.9 Å². The van der Waals surface area contributed by atoms with Crippen molar-refractivity contribution in [2.75, 3.05) is 32.7 Å². The minimum Gasteiger partial charge on any atom is -0.338 e. The van der Waals surface area contributed by atoms with Crippen LogP contribution in [0, 0.1) is 5.82 Å². The van der Waals surface area contributed by atoms with Crippen LogP contribution in [0.5, 0.6) is 0 Å². The van der Waals surface area contributed by atoms with Crippen LogP contribution >= 0.6 is 11.3 Å². The highest BCUT2D eigenvalue weighted by atomic mass is 32.1. The van der Waals surface area contributed by atoms with Crippen molar-refractivity contribution in [1.82, 2.24) is 20.0 Å². The normalized spacial score (nSPS) is 21.1. The Hall–Kier alpha value is -3.27. The summed E-state index contributed by atoms with van der Waals surface area (Å²) in [5.41, 5.74) is -0.855. The SMILES string of the molecule is CC[C@]1(c2ccc(F)cc2)NC(=O)N(CC(=O)N2CCN(C(=O)c3cccs3)CC2)C1=O. The number of thiophene rings is 1. The van der Waals surface area contributed by atoms with Gasteiger partial charge in [0.05, 0.1) is 4.88 Å². The number of benzene rings is 1. The largest absolute Gasteiger partial charge is 0.338 e. The summed E-state index contributed by atoms with van der Waals surface area (Å²) >= 11 is 1.37. The molecule has 2 aliphatic rings. The van der Waals surface area contributed by atoms with Crippen molar-refractivity contribution in [3.63, 3.8) is 0 Å². The van der Waals surface area contributed by atoms with Crippen molar-refractivity contribution in [3.05, 3.63) is 58.0 Å². The number of carbonyl (C=O) groups excluding carboxylic acids is 4. The van der Waals surface area contributed by atoms with Gasteiger partial charge < -0.3 is 15.1 Å². The minimum absolute atomic E-state index is 0.0618. The van der Waals surface area contributed by atoms with Crippen LogP contribution in [0.1, 0.15) is 28.6 Å². The molecule has 2 aliphatic heterocycles. The van der Waals surface area contributed by atoms with Gasteiger partial charge in [-0.2, -0.15) is 0 Å². The molecule has 0 spiro atoms. The summed E-state index contributed by atoms with van der Waals surface area (Å²) in [5, 5.41) is 4.53. The summed E-state index contributed by atoms with van der Waals surface area (Å²) < 4.78 is 13.3. The van der Waals surface area contributed by atoms with E-state index in [-0.39, 0.29) is 24.8 Å². The van der Waals surface area contributed by atoms with Crippen LogP contribution in [-0.2, 0) is 15.1 Å². The van der Waals surface area contributed by atoms with Gasteiger partial charge in [-0.3, -0.25) is 19.3 Å². The highest BCUT2D eigenvalue weighted by Gasteiger charge is 2.51. The quantitative estimate of drug-likeness (QED) is 0.695. The molecule has 0 unspecified atom stereocenters. The predicted molar refractivity (Wildman–Crippen MR) is 115 cm³/mol. The molecule has 5 amide bonds. The molecule has 0 radical (unpaired) electrons. The lowest BCUT2D eigenvalue weighted by Gasteiger charge is -2.35. The molecule has 1 N–H and O–H groups in total. The molecule has 4 rings (SSSR count). The molecule has 32 heavy (non-hydrogen) atoms. The maximum Gasteiger partial charge on any atom is 0.325 e. The molecule has 0 aliphatic carbocycles. The van der Waals surface area contributed by atoms with Crippen molar-refractivity contribution >= 4 is 35.1 Å². The number of halogens is 1. The number of nitrogens with one attached hydrogen (secondary N) is 1. The zero-order valence-corrected chi connectivity index (χ0v) is 18.4. The number of imide groups is 1. The molecule has 1 aromatic heterocycles. The second-order valence-electron chi connectivity index (χ2n) is 7.74. The molecule has 8 nitrogen and oxygen atoms in total. The van der Waals surface area contributed by atoms with E-state index in [1.54, 1.807) is 22.8 Å². The van der Waals surface area contributed by atoms with Crippen LogP contribution in [0.2, 0.25) is 0 Å². The van der Waals surface area contributed by atoms with E-state index in [9.17, 15) is 23.6 Å². The molecule has 0 saturated carbocycles. The number of hydrogen-bond donors (Lipinski definition) is 1. The van der Waals surface area contributed by atoms with Crippen molar-refractivity contribution < 1.29 is 23.6 Å². The smallest absolute Gasteiger partial charge is 0.325 e. The van der Waals surface area contributed by atoms with E-state index in [2.05, 4.69) is 5.32 Å². The Kier molecular flexibility index (Phi) is 5.96. The van der Waals surface area contributed by atoms with Crippen LogP contribution in [-0.4, -0.2) is 71.2 Å². The molecule has 2 aromatic rings. The number of carbonyl (C=O) groups is 4. The van der Waals surface area contributed by atoms with Crippen molar-refractivity contribution in [1.29, 1.82) is 0 Å². The Balaban J connectivity index is 1.40. The van der Waals surface area contributed by atoms with Gasteiger partial charge in [-0.15, -0.1) is 11.3 Å². The molecule has 10 heteroatoms. The fraction of sp³-hybridized carbons (Fsp3) is 0.364. The zero-order chi connectivity index (χ0) is 22.9. The molecule has 0 bridgehead atoms. The first-order chi connectivity index (χ1) is 15.4. The molecule has 168 valence electrons. The molecular weight excluding hydrogens is 435 g/mol. The predicted octanol–water partition coefficient (Wildman–Crippen LogP) is 2.03. The third kappa shape index (κ3) is 3.86. The number of rotatable bonds is 5. The minimum atomic E-state index is -1.32. The van der Waals surface area contributed by atoms with Crippen LogP contribution < -0.4 is 5.32 Å². The molecule has 2 saturated heterocycles. The van der Waals surface area contributed by atoms with Crippen LogP contribution in [0.15, 0.2) is 41.8 Å². The van der Waals surface area contributed by atoms with E-state index in [0.29, 0.717) is 36.6 Å². The second-order valence-corrected chi connectivity index (χ2v) is 8.69. The van der Waals surface area contributed by atoms with E-state index in [1.807, 2.05) is 11.4 Å². The molecule has 2 fully saturated rings. The third-order valence-corrected chi connectivity index (χ3v) is 6.85. The third-order valence-electron chi connectivity index (χ3n) is 5.99. The van der Waals surface area contributed by atoms with Gasteiger partial charge in [-0.1, -0.05) is 25.1 Å². The highest BCUT2D eigenvalue weighted by molar-refractivity contribution is 7.12. The van der Waals surface area contributed by atoms with Crippen LogP contribution in [0.25, 0.3) is 0 Å². The van der Waals surface area contributed by atoms with Gasteiger partial charge >= 0.3 is 6.03 Å². The van der Waals surface area contributed by atoms with E-state index < -0.39 is 23.3 Å². The van der Waals surface area contributed by atoms with Gasteiger partial charge in [-0.25, -0.2) is 9.18 Å². The number of hydrogen-bond acceptors (Lipinski definition) is 5. The highest BCUT2D eigenvalue weighted by Crippen LogP contribution is 2.32. The first kappa shape index (κ1) is 21.9. The monoisotopic (exact) mass is 458 g/mol. The van der Waals surface area contributed by atoms with Gasteiger partial charge in [0.2, 0.25) is 5.91 Å². The van der Waals surface area contributed by atoms with E-state index in [1.165, 1.54) is 35.6 Å². The number of amides is 5. The fourth-order valence-corrected chi connectivity index (χ4v) is 4.78. The fourth-order valence-electron chi connectivity index (χ4n) is 4.09. The topological polar surface area (TPSA) is 90.0 Å². The number of urea groups is 1. The summed E-state index contributed by atoms with van der Waals surface area (Å²) in [5.74, 6) is -1.40. The Labute approximate surface area is 188 Å². The van der Waals surface area contributed by atoms with E-state index in [0.717, 1.165) is 4.90 Å². The molecule has 1 atom stereocenters. The summed E-state index contributed by atoms with van der Waals surface area (Å²) in [6, 6.07) is 8.33. The molecule has 3 heterocycles. The van der Waals surface area contributed by atoms with Gasteiger partial charge in [0.25, 0.3) is 11.8 Å². The maximum atomic E-state index is 13.3. The Bertz CT molecular complexity index is 1030. The number of piperazine rings is 1. The Morgan fingerprint density at radius 2 is 1.72 bits per heavy atom. The lowest BCUT2D eigenvalue weighted by Crippen LogP contribution is -2.53. The average Bonchev–Trinajstić information content (AvgIpc) is 3.42. The Morgan fingerprint density at radius 3 is 2.31 bits per heavy atom. The molecular formula is C22H23FN4O4S. The van der Waals surface area contributed by atoms with Gasteiger partial charge in [0, 0.05) is 26.2 Å². The van der Waals surface area contributed by atoms with E-state index >= 15 is 0 Å².